The van der Waals surface area contributed by atoms with Crippen LogP contribution in [0.5, 0.6) is 0 Å². The molecule has 2 heterocycles. The Morgan fingerprint density at radius 2 is 1.89 bits per heavy atom. The van der Waals surface area contributed by atoms with Crippen molar-refractivity contribution in [2.45, 2.75) is 33.2 Å². The predicted molar refractivity (Wildman–Crippen MR) is 80.5 cm³/mol. The van der Waals surface area contributed by atoms with Gasteiger partial charge < -0.3 is 15.5 Å². The van der Waals surface area contributed by atoms with E-state index < -0.39 is 0 Å². The minimum absolute atomic E-state index is 0.598. The Balaban J connectivity index is 2.12. The molecule has 19 heavy (non-hydrogen) atoms. The molecule has 0 aromatic carbocycles. The summed E-state index contributed by atoms with van der Waals surface area (Å²) in [5.74, 6) is 1.11. The Kier molecular flexibility index (Phi) is 5.16. The van der Waals surface area contributed by atoms with Gasteiger partial charge in [-0.1, -0.05) is 20.3 Å². The number of rotatable bonds is 5. The van der Waals surface area contributed by atoms with Gasteiger partial charge in [0.25, 0.3) is 0 Å². The maximum Gasteiger partial charge on any atom is 0.129 e. The summed E-state index contributed by atoms with van der Waals surface area (Å²) in [5.41, 5.74) is 8.18. The quantitative estimate of drug-likeness (QED) is 0.876. The molecule has 1 saturated heterocycles. The van der Waals surface area contributed by atoms with Crippen LogP contribution in [0.15, 0.2) is 12.1 Å². The van der Waals surface area contributed by atoms with Gasteiger partial charge in [-0.2, -0.15) is 0 Å². The van der Waals surface area contributed by atoms with Gasteiger partial charge in [0.15, 0.2) is 0 Å². The Hall–Kier alpha value is -1.13. The van der Waals surface area contributed by atoms with Crippen LogP contribution in [-0.2, 0) is 13.0 Å². The second kappa shape index (κ2) is 6.87. The molecule has 0 saturated carbocycles. The van der Waals surface area contributed by atoms with E-state index in [0.717, 1.165) is 51.4 Å². The third kappa shape index (κ3) is 3.67. The van der Waals surface area contributed by atoms with Crippen molar-refractivity contribution in [2.75, 3.05) is 37.6 Å². The number of likely N-dealkylation sites (N-methyl/N-ethyl adjacent to an activating group) is 1. The smallest absolute Gasteiger partial charge is 0.129 e. The largest absolute Gasteiger partial charge is 0.354 e. The summed E-state index contributed by atoms with van der Waals surface area (Å²) in [6.45, 7) is 10.6. The zero-order valence-electron chi connectivity index (χ0n) is 12.2. The molecular weight excluding hydrogens is 236 g/mol. The van der Waals surface area contributed by atoms with Gasteiger partial charge in [-0.05, 0) is 30.7 Å². The number of nitrogens with zero attached hydrogens (tertiary/aromatic N) is 3. The highest BCUT2D eigenvalue weighted by Crippen LogP contribution is 2.18. The Morgan fingerprint density at radius 3 is 2.47 bits per heavy atom. The highest BCUT2D eigenvalue weighted by molar-refractivity contribution is 5.43. The highest BCUT2D eigenvalue weighted by atomic mass is 15.3. The zero-order valence-corrected chi connectivity index (χ0v) is 12.2. The first-order chi connectivity index (χ1) is 9.26. The van der Waals surface area contributed by atoms with Crippen molar-refractivity contribution >= 4 is 5.82 Å². The van der Waals surface area contributed by atoms with Gasteiger partial charge >= 0.3 is 0 Å². The molecule has 4 heteroatoms. The average molecular weight is 262 g/mol. The third-order valence-electron chi connectivity index (χ3n) is 3.81. The monoisotopic (exact) mass is 262 g/mol. The van der Waals surface area contributed by atoms with Crippen LogP contribution in [0.2, 0.25) is 0 Å². The summed E-state index contributed by atoms with van der Waals surface area (Å²) < 4.78 is 0. The number of hydrogen-bond donors (Lipinski definition) is 1. The molecule has 2 rings (SSSR count). The van der Waals surface area contributed by atoms with Gasteiger partial charge in [0.1, 0.15) is 5.82 Å². The standard InChI is InChI=1S/C15H26N4/c1-3-5-14-10-13(12-16)11-15(17-14)19-8-6-18(4-2)7-9-19/h10-11H,3-9,12,16H2,1-2H3. The van der Waals surface area contributed by atoms with Crippen molar-refractivity contribution in [1.29, 1.82) is 0 Å². The highest BCUT2D eigenvalue weighted by Gasteiger charge is 2.17. The molecule has 1 aliphatic rings. The van der Waals surface area contributed by atoms with Gasteiger partial charge in [0.05, 0.1) is 0 Å². The lowest BCUT2D eigenvalue weighted by molar-refractivity contribution is 0.270. The van der Waals surface area contributed by atoms with Crippen molar-refractivity contribution in [3.8, 4) is 0 Å². The van der Waals surface area contributed by atoms with Crippen LogP contribution in [-0.4, -0.2) is 42.6 Å². The van der Waals surface area contributed by atoms with Gasteiger partial charge in [0, 0.05) is 38.4 Å². The molecule has 0 aliphatic carbocycles. The van der Waals surface area contributed by atoms with Crippen LogP contribution in [0.1, 0.15) is 31.5 Å². The Morgan fingerprint density at radius 1 is 1.16 bits per heavy atom. The lowest BCUT2D eigenvalue weighted by Crippen LogP contribution is -2.46. The van der Waals surface area contributed by atoms with E-state index in [2.05, 4.69) is 35.8 Å². The van der Waals surface area contributed by atoms with Gasteiger partial charge in [0.2, 0.25) is 0 Å². The third-order valence-corrected chi connectivity index (χ3v) is 3.81. The fourth-order valence-corrected chi connectivity index (χ4v) is 2.59. The molecule has 1 fully saturated rings. The molecule has 0 unspecified atom stereocenters. The maximum absolute atomic E-state index is 5.80. The van der Waals surface area contributed by atoms with Crippen LogP contribution in [0.4, 0.5) is 5.82 Å². The van der Waals surface area contributed by atoms with E-state index in [0.29, 0.717) is 6.54 Å². The summed E-state index contributed by atoms with van der Waals surface area (Å²) in [4.78, 5) is 9.67. The number of anilines is 1. The number of pyridine rings is 1. The molecule has 1 aromatic rings. The predicted octanol–water partition coefficient (Wildman–Crippen LogP) is 1.63. The van der Waals surface area contributed by atoms with Gasteiger partial charge in [-0.15, -0.1) is 0 Å². The van der Waals surface area contributed by atoms with Crippen molar-refractivity contribution in [3.05, 3.63) is 23.4 Å². The van der Waals surface area contributed by atoms with E-state index in [1.807, 2.05) is 0 Å². The first-order valence-corrected chi connectivity index (χ1v) is 7.44. The van der Waals surface area contributed by atoms with Crippen LogP contribution >= 0.6 is 0 Å². The van der Waals surface area contributed by atoms with Gasteiger partial charge in [-0.25, -0.2) is 4.98 Å². The number of hydrogen-bond acceptors (Lipinski definition) is 4. The molecule has 4 nitrogen and oxygen atoms in total. The number of aromatic nitrogens is 1. The fraction of sp³-hybridized carbons (Fsp3) is 0.667. The Bertz CT molecular complexity index is 397. The summed E-state index contributed by atoms with van der Waals surface area (Å²) in [7, 11) is 0. The second-order valence-electron chi connectivity index (χ2n) is 5.20. The first kappa shape index (κ1) is 14.3. The number of piperazine rings is 1. The summed E-state index contributed by atoms with van der Waals surface area (Å²) >= 11 is 0. The van der Waals surface area contributed by atoms with Crippen LogP contribution in [0.3, 0.4) is 0 Å². The topological polar surface area (TPSA) is 45.4 Å². The molecule has 106 valence electrons. The molecule has 0 radical (unpaired) electrons. The van der Waals surface area contributed by atoms with Crippen molar-refractivity contribution in [1.82, 2.24) is 9.88 Å². The second-order valence-corrected chi connectivity index (χ2v) is 5.20. The molecule has 1 aliphatic heterocycles. The average Bonchev–Trinajstić information content (AvgIpc) is 2.47. The van der Waals surface area contributed by atoms with E-state index in [1.54, 1.807) is 0 Å². The van der Waals surface area contributed by atoms with Crippen LogP contribution < -0.4 is 10.6 Å². The van der Waals surface area contributed by atoms with E-state index in [-0.39, 0.29) is 0 Å². The number of aryl methyl sites for hydroxylation is 1. The summed E-state index contributed by atoms with van der Waals surface area (Å²) in [5, 5.41) is 0. The van der Waals surface area contributed by atoms with E-state index in [9.17, 15) is 0 Å². The zero-order chi connectivity index (χ0) is 13.7. The molecule has 2 N–H and O–H groups in total. The van der Waals surface area contributed by atoms with E-state index in [1.165, 1.54) is 11.3 Å². The van der Waals surface area contributed by atoms with Gasteiger partial charge in [-0.3, -0.25) is 0 Å². The molecule has 0 spiro atoms. The molecule has 0 bridgehead atoms. The minimum atomic E-state index is 0.598. The van der Waals surface area contributed by atoms with Crippen molar-refractivity contribution in [2.24, 2.45) is 5.73 Å². The fourth-order valence-electron chi connectivity index (χ4n) is 2.59. The number of nitrogens with two attached hydrogens (primary N) is 1. The molecule has 0 amide bonds. The summed E-state index contributed by atoms with van der Waals surface area (Å²) in [6, 6.07) is 4.30. The normalized spacial score (nSPS) is 16.9. The van der Waals surface area contributed by atoms with E-state index >= 15 is 0 Å². The van der Waals surface area contributed by atoms with Crippen molar-refractivity contribution in [3.63, 3.8) is 0 Å². The first-order valence-electron chi connectivity index (χ1n) is 7.44. The lowest BCUT2D eigenvalue weighted by Gasteiger charge is -2.35. The Labute approximate surface area is 116 Å². The van der Waals surface area contributed by atoms with Crippen LogP contribution in [0, 0.1) is 0 Å². The lowest BCUT2D eigenvalue weighted by atomic mass is 10.1. The van der Waals surface area contributed by atoms with E-state index in [4.69, 9.17) is 10.7 Å². The molecule has 1 aromatic heterocycles. The van der Waals surface area contributed by atoms with Crippen LogP contribution in [0.25, 0.3) is 0 Å². The van der Waals surface area contributed by atoms with Crippen molar-refractivity contribution < 1.29 is 0 Å². The summed E-state index contributed by atoms with van der Waals surface area (Å²) in [6.07, 6.45) is 2.17. The molecular formula is C15H26N4. The minimum Gasteiger partial charge on any atom is -0.354 e. The SMILES string of the molecule is CCCc1cc(CN)cc(N2CCN(CC)CC2)n1. The molecule has 0 atom stereocenters. The maximum atomic E-state index is 5.80.